The lowest BCUT2D eigenvalue weighted by molar-refractivity contribution is -0.00764. The standard InChI is InChI=1S/C12H14ClN3O2/c13-11-3-1-10(2-4-11)12(18,5-6-17)7-16-9-14-8-15-16/h1-4,8-9,17-18H,5-7H2. The SMILES string of the molecule is OCCC(O)(Cn1cncn1)c1ccc(Cl)cc1. The van der Waals surface area contributed by atoms with Crippen molar-refractivity contribution in [2.45, 2.75) is 18.6 Å². The number of aliphatic hydroxyl groups excluding tert-OH is 1. The van der Waals surface area contributed by atoms with Crippen LogP contribution in [-0.4, -0.2) is 31.6 Å². The van der Waals surface area contributed by atoms with Crippen LogP contribution in [0.2, 0.25) is 5.02 Å². The van der Waals surface area contributed by atoms with E-state index in [1.165, 1.54) is 17.3 Å². The minimum absolute atomic E-state index is 0.117. The third-order valence-electron chi connectivity index (χ3n) is 2.80. The second-order valence-electron chi connectivity index (χ2n) is 4.11. The van der Waals surface area contributed by atoms with Crippen LogP contribution in [0.25, 0.3) is 0 Å². The van der Waals surface area contributed by atoms with Crippen LogP contribution in [0.4, 0.5) is 0 Å². The molecule has 1 unspecified atom stereocenters. The number of nitrogens with zero attached hydrogens (tertiary/aromatic N) is 3. The number of aliphatic hydroxyl groups is 2. The maximum absolute atomic E-state index is 10.7. The maximum Gasteiger partial charge on any atom is 0.137 e. The molecule has 0 bridgehead atoms. The molecule has 2 aromatic rings. The van der Waals surface area contributed by atoms with Crippen molar-refractivity contribution < 1.29 is 10.2 Å². The zero-order valence-corrected chi connectivity index (χ0v) is 10.5. The Kier molecular flexibility index (Phi) is 3.96. The Morgan fingerprint density at radius 2 is 2.00 bits per heavy atom. The van der Waals surface area contributed by atoms with Crippen LogP contribution >= 0.6 is 11.6 Å². The highest BCUT2D eigenvalue weighted by atomic mass is 35.5. The van der Waals surface area contributed by atoms with E-state index >= 15 is 0 Å². The summed E-state index contributed by atoms with van der Waals surface area (Å²) >= 11 is 5.82. The molecule has 0 radical (unpaired) electrons. The van der Waals surface area contributed by atoms with Crippen LogP contribution in [0.5, 0.6) is 0 Å². The molecule has 1 atom stereocenters. The summed E-state index contributed by atoms with van der Waals surface area (Å²) in [6, 6.07) is 6.91. The van der Waals surface area contributed by atoms with E-state index in [1.54, 1.807) is 24.3 Å². The number of rotatable bonds is 5. The molecule has 0 aliphatic heterocycles. The molecule has 2 rings (SSSR count). The molecule has 0 aliphatic carbocycles. The summed E-state index contributed by atoms with van der Waals surface area (Å²) in [5.74, 6) is 0. The minimum atomic E-state index is -1.19. The molecule has 5 nitrogen and oxygen atoms in total. The highest BCUT2D eigenvalue weighted by Crippen LogP contribution is 2.27. The van der Waals surface area contributed by atoms with Crippen molar-refractivity contribution >= 4 is 11.6 Å². The van der Waals surface area contributed by atoms with Gasteiger partial charge in [-0.1, -0.05) is 23.7 Å². The topological polar surface area (TPSA) is 71.2 Å². The number of aromatic nitrogens is 3. The van der Waals surface area contributed by atoms with Crippen LogP contribution in [0, 0.1) is 0 Å². The van der Waals surface area contributed by atoms with E-state index in [2.05, 4.69) is 10.1 Å². The second kappa shape index (κ2) is 5.48. The third kappa shape index (κ3) is 2.87. The quantitative estimate of drug-likeness (QED) is 0.854. The normalized spacial score (nSPS) is 14.4. The Bertz CT molecular complexity index is 487. The van der Waals surface area contributed by atoms with Gasteiger partial charge in [-0.25, -0.2) is 9.67 Å². The lowest BCUT2D eigenvalue weighted by atomic mass is 9.90. The number of hydrogen-bond donors (Lipinski definition) is 2. The van der Waals surface area contributed by atoms with Gasteiger partial charge in [0.05, 0.1) is 6.54 Å². The molecular formula is C12H14ClN3O2. The Balaban J connectivity index is 2.28. The molecule has 0 spiro atoms. The molecule has 0 amide bonds. The summed E-state index contributed by atoms with van der Waals surface area (Å²) in [6.07, 6.45) is 3.15. The van der Waals surface area contributed by atoms with Crippen LogP contribution in [0.15, 0.2) is 36.9 Å². The third-order valence-corrected chi connectivity index (χ3v) is 3.05. The molecule has 2 N–H and O–H groups in total. The van der Waals surface area contributed by atoms with Gasteiger partial charge in [-0.3, -0.25) is 0 Å². The number of halogens is 1. The zero-order valence-electron chi connectivity index (χ0n) is 9.70. The predicted molar refractivity (Wildman–Crippen MR) is 67.1 cm³/mol. The van der Waals surface area contributed by atoms with Gasteiger partial charge in [0, 0.05) is 18.1 Å². The highest BCUT2D eigenvalue weighted by molar-refractivity contribution is 6.30. The van der Waals surface area contributed by atoms with E-state index < -0.39 is 5.60 Å². The van der Waals surface area contributed by atoms with Gasteiger partial charge in [-0.15, -0.1) is 0 Å². The molecule has 1 heterocycles. The van der Waals surface area contributed by atoms with Gasteiger partial charge in [0.25, 0.3) is 0 Å². The smallest absolute Gasteiger partial charge is 0.137 e. The molecule has 6 heteroatoms. The predicted octanol–water partition coefficient (Wildman–Crippen LogP) is 1.20. The molecular weight excluding hydrogens is 254 g/mol. The minimum Gasteiger partial charge on any atom is -0.396 e. The van der Waals surface area contributed by atoms with Gasteiger partial charge >= 0.3 is 0 Å². The Morgan fingerprint density at radius 1 is 1.28 bits per heavy atom. The van der Waals surface area contributed by atoms with Crippen molar-refractivity contribution in [3.05, 3.63) is 47.5 Å². The van der Waals surface area contributed by atoms with Gasteiger partial charge in [-0.05, 0) is 17.7 Å². The Morgan fingerprint density at radius 3 is 2.56 bits per heavy atom. The van der Waals surface area contributed by atoms with Crippen LogP contribution in [-0.2, 0) is 12.1 Å². The van der Waals surface area contributed by atoms with E-state index in [0.29, 0.717) is 10.6 Å². The van der Waals surface area contributed by atoms with E-state index in [0.717, 1.165) is 0 Å². The Hall–Kier alpha value is -1.43. The van der Waals surface area contributed by atoms with Crippen molar-refractivity contribution in [2.75, 3.05) is 6.61 Å². The maximum atomic E-state index is 10.7. The summed E-state index contributed by atoms with van der Waals surface area (Å²) < 4.78 is 1.53. The molecule has 0 saturated carbocycles. The van der Waals surface area contributed by atoms with Gasteiger partial charge in [0.1, 0.15) is 18.3 Å². The molecule has 96 valence electrons. The van der Waals surface area contributed by atoms with Crippen molar-refractivity contribution in [1.82, 2.24) is 14.8 Å². The first-order chi connectivity index (χ1) is 8.64. The average molecular weight is 268 g/mol. The number of benzene rings is 1. The fourth-order valence-electron chi connectivity index (χ4n) is 1.84. The summed E-state index contributed by atoms with van der Waals surface area (Å²) in [5, 5.41) is 24.3. The second-order valence-corrected chi connectivity index (χ2v) is 4.54. The van der Waals surface area contributed by atoms with Crippen molar-refractivity contribution in [3.8, 4) is 0 Å². The van der Waals surface area contributed by atoms with Crippen LogP contribution in [0.3, 0.4) is 0 Å². The summed E-state index contributed by atoms with van der Waals surface area (Å²) in [7, 11) is 0. The van der Waals surface area contributed by atoms with E-state index in [9.17, 15) is 5.11 Å². The molecule has 0 fully saturated rings. The van der Waals surface area contributed by atoms with Gasteiger partial charge < -0.3 is 10.2 Å². The van der Waals surface area contributed by atoms with Crippen molar-refractivity contribution in [1.29, 1.82) is 0 Å². The van der Waals surface area contributed by atoms with Crippen LogP contribution < -0.4 is 0 Å². The van der Waals surface area contributed by atoms with Crippen LogP contribution in [0.1, 0.15) is 12.0 Å². The van der Waals surface area contributed by atoms with Crippen molar-refractivity contribution in [3.63, 3.8) is 0 Å². The van der Waals surface area contributed by atoms with E-state index in [1.807, 2.05) is 0 Å². The lowest BCUT2D eigenvalue weighted by Crippen LogP contribution is -2.32. The molecule has 1 aromatic heterocycles. The van der Waals surface area contributed by atoms with Gasteiger partial charge in [0.2, 0.25) is 0 Å². The first-order valence-corrected chi connectivity index (χ1v) is 5.93. The molecule has 1 aromatic carbocycles. The fourth-order valence-corrected chi connectivity index (χ4v) is 1.97. The monoisotopic (exact) mass is 267 g/mol. The zero-order chi connectivity index (χ0) is 13.0. The van der Waals surface area contributed by atoms with E-state index in [-0.39, 0.29) is 19.6 Å². The average Bonchev–Trinajstić information content (AvgIpc) is 2.82. The summed E-state index contributed by atoms with van der Waals surface area (Å²) in [6.45, 7) is 0.114. The first-order valence-electron chi connectivity index (χ1n) is 5.56. The summed E-state index contributed by atoms with van der Waals surface area (Å²) in [5.41, 5.74) is -0.496. The van der Waals surface area contributed by atoms with E-state index in [4.69, 9.17) is 16.7 Å². The highest BCUT2D eigenvalue weighted by Gasteiger charge is 2.29. The fraction of sp³-hybridized carbons (Fsp3) is 0.333. The molecule has 18 heavy (non-hydrogen) atoms. The molecule has 0 saturated heterocycles. The molecule has 0 aliphatic rings. The lowest BCUT2D eigenvalue weighted by Gasteiger charge is -2.27. The largest absolute Gasteiger partial charge is 0.396 e. The summed E-state index contributed by atoms with van der Waals surface area (Å²) in [4.78, 5) is 3.83. The Labute approximate surface area is 110 Å². The number of hydrogen-bond acceptors (Lipinski definition) is 4. The van der Waals surface area contributed by atoms with Gasteiger partial charge in [0.15, 0.2) is 0 Å². The first kappa shape index (κ1) is 13.0. The van der Waals surface area contributed by atoms with Gasteiger partial charge in [-0.2, -0.15) is 5.10 Å². The van der Waals surface area contributed by atoms with Crippen molar-refractivity contribution in [2.24, 2.45) is 0 Å².